The predicted molar refractivity (Wildman–Crippen MR) is 105 cm³/mol. The summed E-state index contributed by atoms with van der Waals surface area (Å²) in [6.45, 7) is 5.63. The zero-order valence-electron chi connectivity index (χ0n) is 15.6. The molecule has 3 rings (SSSR count). The van der Waals surface area contributed by atoms with Gasteiger partial charge >= 0.3 is 0 Å². The summed E-state index contributed by atoms with van der Waals surface area (Å²) in [5, 5.41) is 0. The molecule has 0 fully saturated rings. The maximum absolute atomic E-state index is 12.9. The van der Waals surface area contributed by atoms with Crippen molar-refractivity contribution in [3.8, 4) is 11.4 Å². The van der Waals surface area contributed by atoms with Gasteiger partial charge in [0.05, 0.1) is 0 Å². The molecule has 0 spiro atoms. The van der Waals surface area contributed by atoms with E-state index in [2.05, 4.69) is 4.57 Å². The van der Waals surface area contributed by atoms with Crippen LogP contribution in [0.2, 0.25) is 0 Å². The van der Waals surface area contributed by atoms with Crippen molar-refractivity contribution in [1.82, 2.24) is 4.57 Å². The van der Waals surface area contributed by atoms with Crippen molar-refractivity contribution in [3.05, 3.63) is 83.2 Å². The first kappa shape index (κ1) is 18.5. The van der Waals surface area contributed by atoms with Crippen LogP contribution in [-0.4, -0.2) is 22.4 Å². The van der Waals surface area contributed by atoms with Crippen molar-refractivity contribution in [2.24, 2.45) is 5.73 Å². The lowest BCUT2D eigenvalue weighted by Crippen LogP contribution is -2.24. The first-order chi connectivity index (χ1) is 12.9. The van der Waals surface area contributed by atoms with Crippen LogP contribution in [0.1, 0.15) is 39.0 Å². The highest BCUT2D eigenvalue weighted by Crippen LogP contribution is 2.23. The normalized spacial score (nSPS) is 11.8. The Labute approximate surface area is 158 Å². The smallest absolute Gasteiger partial charge is 0.248 e. The van der Waals surface area contributed by atoms with Gasteiger partial charge in [0.1, 0.15) is 5.75 Å². The third-order valence-electron chi connectivity index (χ3n) is 4.53. The largest absolute Gasteiger partial charge is 0.483 e. The molecule has 0 aliphatic carbocycles. The molecule has 27 heavy (non-hydrogen) atoms. The predicted octanol–water partition coefficient (Wildman–Crippen LogP) is 3.84. The van der Waals surface area contributed by atoms with Crippen molar-refractivity contribution < 1.29 is 14.3 Å². The molecule has 2 N–H and O–H groups in total. The van der Waals surface area contributed by atoms with Gasteiger partial charge in [0.25, 0.3) is 0 Å². The molecule has 1 atom stereocenters. The average molecular weight is 362 g/mol. The summed E-state index contributed by atoms with van der Waals surface area (Å²) in [6.07, 6.45) is -0.658. The lowest BCUT2D eigenvalue weighted by atomic mass is 10.1. The highest BCUT2D eigenvalue weighted by atomic mass is 16.5. The molecule has 0 aliphatic heterocycles. The van der Waals surface area contributed by atoms with Gasteiger partial charge in [-0.1, -0.05) is 18.2 Å². The lowest BCUT2D eigenvalue weighted by molar-refractivity contribution is 0.0817. The number of nitrogens with two attached hydrogens (primary N) is 1. The number of ether oxygens (including phenoxy) is 1. The van der Waals surface area contributed by atoms with Crippen LogP contribution in [0.5, 0.6) is 5.75 Å². The molecular weight excluding hydrogens is 340 g/mol. The monoisotopic (exact) mass is 362 g/mol. The molecule has 0 aliphatic rings. The number of hydrogen-bond donors (Lipinski definition) is 1. The van der Waals surface area contributed by atoms with E-state index in [9.17, 15) is 9.59 Å². The number of nitrogens with zero attached hydrogens (tertiary/aromatic N) is 1. The highest BCUT2D eigenvalue weighted by molar-refractivity contribution is 6.01. The average Bonchev–Trinajstić information content (AvgIpc) is 2.96. The van der Waals surface area contributed by atoms with E-state index in [0.29, 0.717) is 16.9 Å². The van der Waals surface area contributed by atoms with Crippen LogP contribution in [0.25, 0.3) is 5.69 Å². The number of Topliss-reactive ketones (excluding diaryl/α,β-unsaturated/α-hetero) is 1. The van der Waals surface area contributed by atoms with Crippen LogP contribution in [0.4, 0.5) is 0 Å². The Balaban J connectivity index is 1.82. The Bertz CT molecular complexity index is 973. The first-order valence-corrected chi connectivity index (χ1v) is 8.73. The molecule has 3 aromatic rings. The maximum atomic E-state index is 12.9. The molecule has 1 heterocycles. The molecule has 1 aromatic heterocycles. The minimum Gasteiger partial charge on any atom is -0.483 e. The van der Waals surface area contributed by atoms with Crippen LogP contribution in [0, 0.1) is 13.8 Å². The van der Waals surface area contributed by atoms with E-state index in [-0.39, 0.29) is 5.78 Å². The third-order valence-corrected chi connectivity index (χ3v) is 4.53. The molecule has 0 saturated carbocycles. The Kier molecular flexibility index (Phi) is 5.12. The standard InChI is InChI=1S/C22H22N2O3/c1-14-13-20(15(2)24(14)18-7-5-4-6-8-18)21(25)16(3)27-19-11-9-17(10-12-19)22(23)26/h4-13,16H,1-3H3,(H2,23,26)/t16-/m1/s1. The number of carbonyl (C=O) groups excluding carboxylic acids is 2. The molecule has 5 nitrogen and oxygen atoms in total. The fraction of sp³-hybridized carbons (Fsp3) is 0.182. The quantitative estimate of drug-likeness (QED) is 0.677. The van der Waals surface area contributed by atoms with E-state index in [0.717, 1.165) is 17.1 Å². The van der Waals surface area contributed by atoms with E-state index in [1.807, 2.05) is 50.2 Å². The number of carbonyl (C=O) groups is 2. The fourth-order valence-corrected chi connectivity index (χ4v) is 3.16. The summed E-state index contributed by atoms with van der Waals surface area (Å²) in [6, 6.07) is 18.2. The Morgan fingerprint density at radius 2 is 1.63 bits per heavy atom. The van der Waals surface area contributed by atoms with Crippen molar-refractivity contribution in [2.45, 2.75) is 26.9 Å². The van der Waals surface area contributed by atoms with Crippen LogP contribution in [0.15, 0.2) is 60.7 Å². The molecular formula is C22H22N2O3. The minimum absolute atomic E-state index is 0.0933. The van der Waals surface area contributed by atoms with E-state index in [1.165, 1.54) is 0 Å². The summed E-state index contributed by atoms with van der Waals surface area (Å²) >= 11 is 0. The maximum Gasteiger partial charge on any atom is 0.248 e. The number of amides is 1. The summed E-state index contributed by atoms with van der Waals surface area (Å²) < 4.78 is 7.82. The molecule has 138 valence electrons. The molecule has 0 bridgehead atoms. The number of primary amides is 1. The van der Waals surface area contributed by atoms with Gasteiger partial charge in [-0.25, -0.2) is 0 Å². The van der Waals surface area contributed by atoms with E-state index < -0.39 is 12.0 Å². The van der Waals surface area contributed by atoms with Crippen LogP contribution in [0.3, 0.4) is 0 Å². The van der Waals surface area contributed by atoms with Crippen molar-refractivity contribution in [1.29, 1.82) is 0 Å². The summed E-state index contributed by atoms with van der Waals surface area (Å²) in [5.41, 5.74) is 9.15. The second-order valence-electron chi connectivity index (χ2n) is 6.47. The minimum atomic E-state index is -0.658. The Morgan fingerprint density at radius 1 is 1.00 bits per heavy atom. The number of rotatable bonds is 6. The zero-order valence-corrected chi connectivity index (χ0v) is 15.6. The van der Waals surface area contributed by atoms with E-state index in [4.69, 9.17) is 10.5 Å². The number of para-hydroxylation sites is 1. The van der Waals surface area contributed by atoms with Crippen molar-refractivity contribution >= 4 is 11.7 Å². The molecule has 0 saturated heterocycles. The number of aromatic nitrogens is 1. The van der Waals surface area contributed by atoms with Crippen molar-refractivity contribution in [3.63, 3.8) is 0 Å². The van der Waals surface area contributed by atoms with Crippen molar-refractivity contribution in [2.75, 3.05) is 0 Å². The second-order valence-corrected chi connectivity index (χ2v) is 6.47. The molecule has 0 unspecified atom stereocenters. The van der Waals surface area contributed by atoms with E-state index in [1.54, 1.807) is 31.2 Å². The summed E-state index contributed by atoms with van der Waals surface area (Å²) in [5.74, 6) is -0.0824. The number of hydrogen-bond acceptors (Lipinski definition) is 3. The van der Waals surface area contributed by atoms with Crippen LogP contribution >= 0.6 is 0 Å². The van der Waals surface area contributed by atoms with E-state index >= 15 is 0 Å². The highest BCUT2D eigenvalue weighted by Gasteiger charge is 2.23. The third kappa shape index (κ3) is 3.77. The lowest BCUT2D eigenvalue weighted by Gasteiger charge is -2.14. The van der Waals surface area contributed by atoms with Gasteiger partial charge in [-0.15, -0.1) is 0 Å². The molecule has 2 aromatic carbocycles. The fourth-order valence-electron chi connectivity index (χ4n) is 3.16. The van der Waals surface area contributed by atoms with Gasteiger partial charge in [0, 0.05) is 28.2 Å². The second kappa shape index (κ2) is 7.50. The van der Waals surface area contributed by atoms with Gasteiger partial charge in [0.15, 0.2) is 6.10 Å². The first-order valence-electron chi connectivity index (χ1n) is 8.73. The van der Waals surface area contributed by atoms with Crippen LogP contribution in [-0.2, 0) is 0 Å². The zero-order chi connectivity index (χ0) is 19.6. The van der Waals surface area contributed by atoms with Gasteiger partial charge in [-0.05, 0) is 63.2 Å². The number of benzene rings is 2. The summed E-state index contributed by atoms with van der Waals surface area (Å²) in [4.78, 5) is 24.1. The Hall–Kier alpha value is -3.34. The van der Waals surface area contributed by atoms with Gasteiger partial charge < -0.3 is 15.0 Å². The number of aryl methyl sites for hydroxylation is 1. The molecule has 5 heteroatoms. The van der Waals surface area contributed by atoms with Gasteiger partial charge in [-0.3, -0.25) is 9.59 Å². The molecule has 0 radical (unpaired) electrons. The molecule has 1 amide bonds. The summed E-state index contributed by atoms with van der Waals surface area (Å²) in [7, 11) is 0. The topological polar surface area (TPSA) is 74.3 Å². The SMILES string of the molecule is Cc1cc(C(=O)[C@@H](C)Oc2ccc(C(N)=O)cc2)c(C)n1-c1ccccc1. The number of ketones is 1. The van der Waals surface area contributed by atoms with Gasteiger partial charge in [-0.2, -0.15) is 0 Å². The van der Waals surface area contributed by atoms with Gasteiger partial charge in [0.2, 0.25) is 11.7 Å². The van der Waals surface area contributed by atoms with Crippen LogP contribution < -0.4 is 10.5 Å². The Morgan fingerprint density at radius 3 is 2.22 bits per heavy atom.